The molecule has 0 saturated heterocycles. The Labute approximate surface area is 127 Å². The fraction of sp³-hybridized carbons (Fsp3) is 0.333. The van der Waals surface area contributed by atoms with Crippen LogP contribution >= 0.6 is 0 Å². The van der Waals surface area contributed by atoms with Crippen LogP contribution in [0.1, 0.15) is 18.3 Å². The van der Waals surface area contributed by atoms with Crippen molar-refractivity contribution in [3.8, 4) is 11.5 Å². The first-order valence-corrected chi connectivity index (χ1v) is 7.06. The lowest BCUT2D eigenvalue weighted by Gasteiger charge is -2.04. The van der Waals surface area contributed by atoms with E-state index in [0.717, 1.165) is 5.56 Å². The number of hydrogen-bond acceptors (Lipinski definition) is 6. The van der Waals surface area contributed by atoms with E-state index in [9.17, 15) is 4.79 Å². The van der Waals surface area contributed by atoms with Crippen molar-refractivity contribution in [2.45, 2.75) is 26.3 Å². The van der Waals surface area contributed by atoms with Gasteiger partial charge in [0.1, 0.15) is 11.2 Å². The van der Waals surface area contributed by atoms with E-state index in [0.29, 0.717) is 23.5 Å². The van der Waals surface area contributed by atoms with Gasteiger partial charge in [0.05, 0.1) is 0 Å². The zero-order valence-electron chi connectivity index (χ0n) is 12.7. The van der Waals surface area contributed by atoms with E-state index in [-0.39, 0.29) is 17.5 Å². The molecule has 0 aromatic carbocycles. The van der Waals surface area contributed by atoms with Gasteiger partial charge in [-0.3, -0.25) is 9.20 Å². The highest BCUT2D eigenvalue weighted by atomic mass is 16.5. The first-order valence-electron chi connectivity index (χ1n) is 7.06. The third-order valence-electron chi connectivity index (χ3n) is 3.53. The first kappa shape index (κ1) is 14.4. The lowest BCUT2D eigenvalue weighted by atomic mass is 10.2. The number of fused-ring (bicyclic) bond motifs is 1. The molecule has 0 bridgehead atoms. The highest BCUT2D eigenvalue weighted by molar-refractivity contribution is 5.53. The van der Waals surface area contributed by atoms with E-state index in [4.69, 9.17) is 4.52 Å². The fourth-order valence-corrected chi connectivity index (χ4v) is 2.15. The number of pyridine rings is 1. The number of likely N-dealkylation sites (N-methyl/N-ethyl adjacent to an activating group) is 1. The molecule has 22 heavy (non-hydrogen) atoms. The Morgan fingerprint density at radius 1 is 1.41 bits per heavy atom. The minimum Gasteiger partial charge on any atom is -0.334 e. The van der Waals surface area contributed by atoms with Crippen molar-refractivity contribution >= 4 is 5.65 Å². The van der Waals surface area contributed by atoms with Crippen LogP contribution in [0.5, 0.6) is 0 Å². The van der Waals surface area contributed by atoms with Crippen molar-refractivity contribution in [3.63, 3.8) is 0 Å². The lowest BCUT2D eigenvalue weighted by molar-refractivity contribution is 0.417. The van der Waals surface area contributed by atoms with Gasteiger partial charge < -0.3 is 9.84 Å². The van der Waals surface area contributed by atoms with Crippen molar-refractivity contribution in [3.05, 3.63) is 46.3 Å². The Balaban J connectivity index is 2.03. The van der Waals surface area contributed by atoms with Gasteiger partial charge in [-0.2, -0.15) is 4.98 Å². The Bertz CT molecular complexity index is 868. The fourth-order valence-electron chi connectivity index (χ4n) is 2.15. The maximum absolute atomic E-state index is 12.6. The molecular formula is C15H17N5O2. The Kier molecular flexibility index (Phi) is 3.72. The minimum absolute atomic E-state index is 0.201. The van der Waals surface area contributed by atoms with Gasteiger partial charge in [0.2, 0.25) is 0 Å². The van der Waals surface area contributed by atoms with E-state index in [1.807, 2.05) is 27.0 Å². The summed E-state index contributed by atoms with van der Waals surface area (Å²) in [7, 11) is 1.87. The predicted octanol–water partition coefficient (Wildman–Crippen LogP) is 1.20. The molecule has 0 spiro atoms. The van der Waals surface area contributed by atoms with Crippen LogP contribution in [0.2, 0.25) is 0 Å². The monoisotopic (exact) mass is 299 g/mol. The molecule has 1 N–H and O–H groups in total. The van der Waals surface area contributed by atoms with Crippen molar-refractivity contribution in [1.82, 2.24) is 24.8 Å². The standard InChI is InChI=1S/C15H17N5O2/c1-9-4-5-13-17-7-11(15(21)20(13)8-9)14-18-12(19-22-14)6-10(2)16-3/h4-5,7-8,10,16H,6H2,1-3H3. The molecule has 3 aromatic heterocycles. The summed E-state index contributed by atoms with van der Waals surface area (Å²) in [5.41, 5.74) is 1.65. The molecule has 7 nitrogen and oxygen atoms in total. The van der Waals surface area contributed by atoms with Gasteiger partial charge in [-0.25, -0.2) is 4.98 Å². The molecule has 0 aliphatic carbocycles. The maximum Gasteiger partial charge on any atom is 0.270 e. The van der Waals surface area contributed by atoms with Crippen LogP contribution in [0, 0.1) is 6.92 Å². The summed E-state index contributed by atoms with van der Waals surface area (Å²) in [6.45, 7) is 3.94. The summed E-state index contributed by atoms with van der Waals surface area (Å²) >= 11 is 0. The van der Waals surface area contributed by atoms with Gasteiger partial charge in [0.25, 0.3) is 11.4 Å². The van der Waals surface area contributed by atoms with Crippen LogP contribution in [0.25, 0.3) is 17.1 Å². The van der Waals surface area contributed by atoms with Crippen molar-refractivity contribution in [2.75, 3.05) is 7.05 Å². The number of nitrogens with zero attached hydrogens (tertiary/aromatic N) is 4. The van der Waals surface area contributed by atoms with E-state index in [2.05, 4.69) is 20.4 Å². The van der Waals surface area contributed by atoms with E-state index < -0.39 is 0 Å². The van der Waals surface area contributed by atoms with Gasteiger partial charge in [-0.1, -0.05) is 11.2 Å². The van der Waals surface area contributed by atoms with Crippen molar-refractivity contribution in [1.29, 1.82) is 0 Å². The van der Waals surface area contributed by atoms with E-state index in [1.165, 1.54) is 10.6 Å². The number of nitrogens with one attached hydrogen (secondary N) is 1. The molecule has 1 unspecified atom stereocenters. The highest BCUT2D eigenvalue weighted by Crippen LogP contribution is 2.13. The second kappa shape index (κ2) is 5.69. The number of aryl methyl sites for hydroxylation is 1. The summed E-state index contributed by atoms with van der Waals surface area (Å²) in [6.07, 6.45) is 3.85. The SMILES string of the molecule is CNC(C)Cc1noc(-c2cnc3ccc(C)cn3c2=O)n1. The molecule has 7 heteroatoms. The quantitative estimate of drug-likeness (QED) is 0.779. The smallest absolute Gasteiger partial charge is 0.270 e. The van der Waals surface area contributed by atoms with Crippen LogP contribution in [-0.4, -0.2) is 32.6 Å². The van der Waals surface area contributed by atoms with Crippen LogP contribution in [0.15, 0.2) is 33.8 Å². The molecule has 1 atom stereocenters. The maximum atomic E-state index is 12.6. The first-order chi connectivity index (χ1) is 10.6. The summed E-state index contributed by atoms with van der Waals surface area (Å²) in [5.74, 6) is 0.761. The third kappa shape index (κ3) is 2.62. The molecule has 114 valence electrons. The Morgan fingerprint density at radius 2 is 2.23 bits per heavy atom. The Morgan fingerprint density at radius 3 is 3.00 bits per heavy atom. The predicted molar refractivity (Wildman–Crippen MR) is 81.7 cm³/mol. The molecule has 0 amide bonds. The van der Waals surface area contributed by atoms with E-state index in [1.54, 1.807) is 12.3 Å². The highest BCUT2D eigenvalue weighted by Gasteiger charge is 2.15. The second-order valence-electron chi connectivity index (χ2n) is 5.32. The molecular weight excluding hydrogens is 282 g/mol. The molecule has 0 aliphatic rings. The molecule has 0 saturated carbocycles. The van der Waals surface area contributed by atoms with Gasteiger partial charge in [0, 0.05) is 24.9 Å². The Hall–Kier alpha value is -2.54. The number of hydrogen-bond donors (Lipinski definition) is 1. The zero-order chi connectivity index (χ0) is 15.7. The van der Waals surface area contributed by atoms with Crippen LogP contribution < -0.4 is 10.9 Å². The average molecular weight is 299 g/mol. The van der Waals surface area contributed by atoms with Gasteiger partial charge in [-0.15, -0.1) is 0 Å². The molecule has 3 heterocycles. The second-order valence-corrected chi connectivity index (χ2v) is 5.32. The van der Waals surface area contributed by atoms with Crippen LogP contribution in [0.4, 0.5) is 0 Å². The van der Waals surface area contributed by atoms with Crippen molar-refractivity contribution in [2.24, 2.45) is 0 Å². The van der Waals surface area contributed by atoms with Crippen molar-refractivity contribution < 1.29 is 4.52 Å². The van der Waals surface area contributed by atoms with E-state index >= 15 is 0 Å². The van der Waals surface area contributed by atoms with Gasteiger partial charge >= 0.3 is 0 Å². The molecule has 0 fully saturated rings. The summed E-state index contributed by atoms with van der Waals surface area (Å²) in [5, 5.41) is 7.02. The summed E-state index contributed by atoms with van der Waals surface area (Å²) in [4.78, 5) is 21.1. The summed E-state index contributed by atoms with van der Waals surface area (Å²) < 4.78 is 6.70. The molecule has 3 aromatic rings. The average Bonchev–Trinajstić information content (AvgIpc) is 2.96. The third-order valence-corrected chi connectivity index (χ3v) is 3.53. The topological polar surface area (TPSA) is 85.3 Å². The molecule has 0 radical (unpaired) electrons. The number of rotatable bonds is 4. The molecule has 0 aliphatic heterocycles. The lowest BCUT2D eigenvalue weighted by Crippen LogP contribution is -2.24. The van der Waals surface area contributed by atoms with Gasteiger partial charge in [-0.05, 0) is 32.5 Å². The normalized spacial score (nSPS) is 12.7. The molecule has 3 rings (SSSR count). The summed E-state index contributed by atoms with van der Waals surface area (Å²) in [6, 6.07) is 3.93. The number of aromatic nitrogens is 4. The largest absolute Gasteiger partial charge is 0.334 e. The zero-order valence-corrected chi connectivity index (χ0v) is 12.7. The van der Waals surface area contributed by atoms with Crippen LogP contribution in [-0.2, 0) is 6.42 Å². The minimum atomic E-state index is -0.217. The van der Waals surface area contributed by atoms with Crippen LogP contribution in [0.3, 0.4) is 0 Å². The van der Waals surface area contributed by atoms with Gasteiger partial charge in [0.15, 0.2) is 5.82 Å².